The molecule has 0 aliphatic rings. The van der Waals surface area contributed by atoms with Gasteiger partial charge in [-0.3, -0.25) is 4.68 Å². The number of benzene rings is 1. The van der Waals surface area contributed by atoms with Gasteiger partial charge < -0.3 is 5.32 Å². The molecule has 0 saturated heterocycles. The zero-order valence-corrected chi connectivity index (χ0v) is 11.3. The van der Waals surface area contributed by atoms with Crippen molar-refractivity contribution in [3.8, 4) is 0 Å². The summed E-state index contributed by atoms with van der Waals surface area (Å²) >= 11 is 6.05. The Labute approximate surface area is 115 Å². The van der Waals surface area contributed by atoms with E-state index < -0.39 is 0 Å². The highest BCUT2D eigenvalue weighted by Crippen LogP contribution is 2.28. The fraction of sp³-hybridized carbons (Fsp3) is 0.154. The van der Waals surface area contributed by atoms with Gasteiger partial charge in [-0.05, 0) is 6.92 Å². The lowest BCUT2D eigenvalue weighted by Gasteiger charge is -2.07. The second-order valence-corrected chi connectivity index (χ2v) is 4.67. The van der Waals surface area contributed by atoms with Gasteiger partial charge in [0.05, 0.1) is 11.4 Å². The highest BCUT2D eigenvalue weighted by atomic mass is 35.5. The van der Waals surface area contributed by atoms with E-state index in [4.69, 9.17) is 11.6 Å². The molecule has 0 amide bonds. The van der Waals surface area contributed by atoms with Crippen molar-refractivity contribution < 1.29 is 0 Å². The molecule has 3 aromatic rings. The van der Waals surface area contributed by atoms with Crippen molar-refractivity contribution in [2.24, 2.45) is 7.05 Å². The number of aromatic nitrogens is 4. The number of hydrogen-bond acceptors (Lipinski definition) is 4. The number of rotatable bonds is 2. The van der Waals surface area contributed by atoms with Crippen LogP contribution in [0.15, 0.2) is 30.5 Å². The summed E-state index contributed by atoms with van der Waals surface area (Å²) in [4.78, 5) is 0. The van der Waals surface area contributed by atoms with E-state index in [1.54, 1.807) is 4.68 Å². The first-order chi connectivity index (χ1) is 9.15. The molecule has 1 aromatic carbocycles. The quantitative estimate of drug-likeness (QED) is 0.780. The van der Waals surface area contributed by atoms with Crippen LogP contribution in [0.1, 0.15) is 5.69 Å². The molecule has 6 heteroatoms. The van der Waals surface area contributed by atoms with Crippen LogP contribution in [0.25, 0.3) is 10.8 Å². The summed E-state index contributed by atoms with van der Waals surface area (Å²) in [7, 11) is 1.88. The lowest BCUT2D eigenvalue weighted by molar-refractivity contribution is 0.756. The Kier molecular flexibility index (Phi) is 2.83. The fourth-order valence-corrected chi connectivity index (χ4v) is 2.22. The Bertz CT molecular complexity index is 750. The molecule has 96 valence electrons. The van der Waals surface area contributed by atoms with Crippen LogP contribution in [-0.2, 0) is 7.05 Å². The molecule has 19 heavy (non-hydrogen) atoms. The van der Waals surface area contributed by atoms with Crippen molar-refractivity contribution >= 4 is 33.9 Å². The van der Waals surface area contributed by atoms with E-state index in [1.807, 2.05) is 44.4 Å². The predicted octanol–water partition coefficient (Wildman–Crippen LogP) is 3.07. The standard InChI is InChI=1S/C13H12ClN5/c1-8-11(7-19(2)18-8)15-13-10-6-4-3-5-9(10)12(14)16-17-13/h3-7H,1-2H3,(H,15,17). The van der Waals surface area contributed by atoms with Crippen molar-refractivity contribution in [1.82, 2.24) is 20.0 Å². The molecule has 0 aliphatic carbocycles. The van der Waals surface area contributed by atoms with Gasteiger partial charge in [0.2, 0.25) is 0 Å². The van der Waals surface area contributed by atoms with Crippen molar-refractivity contribution in [2.45, 2.75) is 6.92 Å². The lowest BCUT2D eigenvalue weighted by atomic mass is 10.2. The second-order valence-electron chi connectivity index (χ2n) is 4.31. The van der Waals surface area contributed by atoms with E-state index in [2.05, 4.69) is 20.6 Å². The molecule has 0 unspecified atom stereocenters. The third kappa shape index (κ3) is 2.13. The minimum absolute atomic E-state index is 0.407. The molecular weight excluding hydrogens is 262 g/mol. The van der Waals surface area contributed by atoms with E-state index in [0.29, 0.717) is 11.0 Å². The number of nitrogens with zero attached hydrogens (tertiary/aromatic N) is 4. The molecule has 2 heterocycles. The summed E-state index contributed by atoms with van der Waals surface area (Å²) in [6, 6.07) is 7.76. The number of hydrogen-bond donors (Lipinski definition) is 1. The van der Waals surface area contributed by atoms with Crippen molar-refractivity contribution in [3.63, 3.8) is 0 Å². The van der Waals surface area contributed by atoms with E-state index in [1.165, 1.54) is 0 Å². The minimum atomic E-state index is 0.407. The summed E-state index contributed by atoms with van der Waals surface area (Å²) in [5.74, 6) is 0.677. The second kappa shape index (κ2) is 4.51. The minimum Gasteiger partial charge on any atom is -0.335 e. The molecule has 0 fully saturated rings. The highest BCUT2D eigenvalue weighted by molar-refractivity contribution is 6.34. The van der Waals surface area contributed by atoms with Gasteiger partial charge in [0.25, 0.3) is 0 Å². The maximum Gasteiger partial charge on any atom is 0.161 e. The Morgan fingerprint density at radius 1 is 1.16 bits per heavy atom. The van der Waals surface area contributed by atoms with Gasteiger partial charge >= 0.3 is 0 Å². The number of fused-ring (bicyclic) bond motifs is 1. The van der Waals surface area contributed by atoms with Crippen LogP contribution in [0, 0.1) is 6.92 Å². The summed E-state index contributed by atoms with van der Waals surface area (Å²) in [5, 5.41) is 17.8. The third-order valence-electron chi connectivity index (χ3n) is 2.91. The van der Waals surface area contributed by atoms with E-state index >= 15 is 0 Å². The van der Waals surface area contributed by atoms with Gasteiger partial charge in [-0.2, -0.15) is 5.10 Å². The topological polar surface area (TPSA) is 55.6 Å². The number of anilines is 2. The third-order valence-corrected chi connectivity index (χ3v) is 3.19. The number of nitrogens with one attached hydrogen (secondary N) is 1. The summed E-state index contributed by atoms with van der Waals surface area (Å²) in [5.41, 5.74) is 1.81. The number of halogens is 1. The zero-order chi connectivity index (χ0) is 13.4. The molecule has 0 atom stereocenters. The number of aryl methyl sites for hydroxylation is 2. The van der Waals surface area contributed by atoms with Gasteiger partial charge in [-0.25, -0.2) is 0 Å². The van der Waals surface area contributed by atoms with Crippen LogP contribution in [0.5, 0.6) is 0 Å². The average molecular weight is 274 g/mol. The largest absolute Gasteiger partial charge is 0.335 e. The van der Waals surface area contributed by atoms with Crippen LogP contribution >= 0.6 is 11.6 Å². The summed E-state index contributed by atoms with van der Waals surface area (Å²) in [6.07, 6.45) is 1.90. The van der Waals surface area contributed by atoms with Crippen LogP contribution in [0.3, 0.4) is 0 Å². The summed E-state index contributed by atoms with van der Waals surface area (Å²) in [6.45, 7) is 1.94. The van der Waals surface area contributed by atoms with E-state index in [0.717, 1.165) is 22.2 Å². The van der Waals surface area contributed by atoms with Crippen LogP contribution in [0.4, 0.5) is 11.5 Å². The van der Waals surface area contributed by atoms with Crippen molar-refractivity contribution in [3.05, 3.63) is 41.3 Å². The highest BCUT2D eigenvalue weighted by Gasteiger charge is 2.10. The first-order valence-corrected chi connectivity index (χ1v) is 6.21. The molecule has 2 aromatic heterocycles. The van der Waals surface area contributed by atoms with Crippen molar-refractivity contribution in [2.75, 3.05) is 5.32 Å². The molecule has 0 aliphatic heterocycles. The average Bonchev–Trinajstić information content (AvgIpc) is 2.72. The molecule has 0 saturated carbocycles. The van der Waals surface area contributed by atoms with E-state index in [-0.39, 0.29) is 0 Å². The lowest BCUT2D eigenvalue weighted by Crippen LogP contribution is -1.97. The maximum absolute atomic E-state index is 6.05. The molecule has 0 spiro atoms. The van der Waals surface area contributed by atoms with Crippen LogP contribution in [0.2, 0.25) is 5.15 Å². The Morgan fingerprint density at radius 3 is 2.58 bits per heavy atom. The van der Waals surface area contributed by atoms with Crippen LogP contribution < -0.4 is 5.32 Å². The Hall–Kier alpha value is -2.14. The Morgan fingerprint density at radius 2 is 1.89 bits per heavy atom. The molecule has 0 radical (unpaired) electrons. The van der Waals surface area contributed by atoms with Crippen molar-refractivity contribution in [1.29, 1.82) is 0 Å². The van der Waals surface area contributed by atoms with Gasteiger partial charge in [0.15, 0.2) is 11.0 Å². The first kappa shape index (κ1) is 11.9. The fourth-order valence-electron chi connectivity index (χ4n) is 2.01. The Balaban J connectivity index is 2.11. The molecule has 0 bridgehead atoms. The van der Waals surface area contributed by atoms with Crippen LogP contribution in [-0.4, -0.2) is 20.0 Å². The molecule has 5 nitrogen and oxygen atoms in total. The van der Waals surface area contributed by atoms with Gasteiger partial charge in [-0.1, -0.05) is 35.9 Å². The molecule has 3 rings (SSSR count). The monoisotopic (exact) mass is 273 g/mol. The van der Waals surface area contributed by atoms with Gasteiger partial charge in [-0.15, -0.1) is 10.2 Å². The molecular formula is C13H12ClN5. The van der Waals surface area contributed by atoms with E-state index in [9.17, 15) is 0 Å². The maximum atomic E-state index is 6.05. The zero-order valence-electron chi connectivity index (χ0n) is 10.6. The summed E-state index contributed by atoms with van der Waals surface area (Å²) < 4.78 is 1.75. The normalized spacial score (nSPS) is 10.9. The van der Waals surface area contributed by atoms with Gasteiger partial charge in [0.1, 0.15) is 0 Å². The smallest absolute Gasteiger partial charge is 0.161 e. The van der Waals surface area contributed by atoms with Gasteiger partial charge in [0, 0.05) is 24.0 Å². The first-order valence-electron chi connectivity index (χ1n) is 5.83. The SMILES string of the molecule is Cc1nn(C)cc1Nc1nnc(Cl)c2ccccc12. The molecule has 1 N–H and O–H groups in total. The predicted molar refractivity (Wildman–Crippen MR) is 75.8 cm³/mol.